The summed E-state index contributed by atoms with van der Waals surface area (Å²) in [5.74, 6) is 0. The van der Waals surface area contributed by atoms with Crippen LogP contribution >= 0.6 is 0 Å². The van der Waals surface area contributed by atoms with Gasteiger partial charge in [0, 0.05) is 18.6 Å². The first kappa shape index (κ1) is 10.4. The highest BCUT2D eigenvalue weighted by molar-refractivity contribution is 5.57. The quantitative estimate of drug-likeness (QED) is 0.453. The third kappa shape index (κ3) is 2.71. The first-order valence-corrected chi connectivity index (χ1v) is 4.63. The van der Waals surface area contributed by atoms with Crippen molar-refractivity contribution >= 4 is 6.16 Å². The summed E-state index contributed by atoms with van der Waals surface area (Å²) >= 11 is 0. The molecule has 1 fully saturated rings. The Labute approximate surface area is 91.5 Å². The number of hydrogen-bond donors (Lipinski definition) is 2. The van der Waals surface area contributed by atoms with Crippen LogP contribution in [0.4, 0.5) is 4.79 Å². The largest absolute Gasteiger partial charge is 0.510 e. The van der Waals surface area contributed by atoms with Crippen LogP contribution in [0.1, 0.15) is 11.7 Å². The van der Waals surface area contributed by atoms with E-state index in [9.17, 15) is 4.79 Å². The second-order valence-corrected chi connectivity index (χ2v) is 3.11. The van der Waals surface area contributed by atoms with Crippen molar-refractivity contribution in [1.82, 2.24) is 10.3 Å². The zero-order valence-electron chi connectivity index (χ0n) is 8.24. The fourth-order valence-corrected chi connectivity index (χ4v) is 1.27. The Bertz CT molecular complexity index is 393. The Morgan fingerprint density at radius 3 is 3.00 bits per heavy atom. The predicted molar refractivity (Wildman–Crippen MR) is 53.2 cm³/mol. The number of pyridine rings is 1. The summed E-state index contributed by atoms with van der Waals surface area (Å²) in [6.07, 6.45) is 4.32. The van der Waals surface area contributed by atoms with Gasteiger partial charge in [-0.3, -0.25) is 4.98 Å². The number of aromatic nitrogens is 1. The number of nitrogens with one attached hydrogen (secondary N) is 1. The first-order chi connectivity index (χ1) is 7.77. The molecule has 0 radical (unpaired) electrons. The van der Waals surface area contributed by atoms with Crippen LogP contribution < -0.4 is 5.32 Å². The van der Waals surface area contributed by atoms with Crippen LogP contribution in [0.2, 0.25) is 0 Å². The van der Waals surface area contributed by atoms with Gasteiger partial charge < -0.3 is 19.9 Å². The smallest absolute Gasteiger partial charge is 0.449 e. The Morgan fingerprint density at radius 2 is 2.31 bits per heavy atom. The van der Waals surface area contributed by atoms with E-state index in [-0.39, 0.29) is 12.3 Å². The highest BCUT2D eigenvalue weighted by Gasteiger charge is 2.39. The van der Waals surface area contributed by atoms with Gasteiger partial charge in [-0.25, -0.2) is 4.79 Å². The number of rotatable bonds is 4. The molecule has 0 aliphatic carbocycles. The Hall–Kier alpha value is -2.08. The van der Waals surface area contributed by atoms with Gasteiger partial charge in [0.05, 0.1) is 0 Å². The number of nitrogens with zero attached hydrogens (tertiary/aromatic N) is 1. The van der Waals surface area contributed by atoms with Gasteiger partial charge in [0.1, 0.15) is 12.4 Å². The van der Waals surface area contributed by atoms with Gasteiger partial charge in [-0.15, -0.1) is 0 Å². The average molecular weight is 222 g/mol. The molecule has 1 aromatic rings. The van der Waals surface area contributed by atoms with Gasteiger partial charge in [0.2, 0.25) is 0 Å². The predicted octanol–water partition coefficient (Wildman–Crippen LogP) is 1.23. The van der Waals surface area contributed by atoms with Gasteiger partial charge in [0.15, 0.2) is 6.23 Å². The van der Waals surface area contributed by atoms with Crippen LogP contribution in [-0.2, 0) is 9.47 Å². The van der Waals surface area contributed by atoms with Gasteiger partial charge in [-0.2, -0.15) is 0 Å². The molecule has 1 aliphatic rings. The van der Waals surface area contributed by atoms with Crippen molar-refractivity contribution in [2.45, 2.75) is 12.3 Å². The van der Waals surface area contributed by atoms with Crippen molar-refractivity contribution in [2.24, 2.45) is 0 Å². The number of carboxylic acid groups (broad SMARTS) is 1. The zero-order chi connectivity index (χ0) is 11.4. The fraction of sp³-hybridized carbons (Fsp3) is 0.200. The molecule has 0 amide bonds. The molecule has 6 heteroatoms. The normalized spacial score (nSPS) is 23.0. The van der Waals surface area contributed by atoms with Gasteiger partial charge in [-0.05, 0) is 17.7 Å². The van der Waals surface area contributed by atoms with E-state index < -0.39 is 6.16 Å². The topological polar surface area (TPSA) is 84.0 Å². The van der Waals surface area contributed by atoms with E-state index in [1.54, 1.807) is 12.4 Å². The highest BCUT2D eigenvalue weighted by atomic mass is 16.7. The molecule has 2 heterocycles. The van der Waals surface area contributed by atoms with Crippen molar-refractivity contribution in [2.75, 3.05) is 0 Å². The summed E-state index contributed by atoms with van der Waals surface area (Å²) in [6, 6.07) is 3.73. The van der Waals surface area contributed by atoms with Crippen LogP contribution in [0.3, 0.4) is 0 Å². The lowest BCUT2D eigenvalue weighted by Crippen LogP contribution is -2.10. The molecule has 2 unspecified atom stereocenters. The molecule has 2 N–H and O–H groups in total. The molecule has 0 bridgehead atoms. The molecular formula is C10H10N2O4. The fourth-order valence-electron chi connectivity index (χ4n) is 1.27. The van der Waals surface area contributed by atoms with Crippen molar-refractivity contribution in [3.63, 3.8) is 0 Å². The lowest BCUT2D eigenvalue weighted by Gasteiger charge is -1.95. The molecule has 2 rings (SSSR count). The maximum Gasteiger partial charge on any atom is 0.510 e. The van der Waals surface area contributed by atoms with Crippen molar-refractivity contribution in [3.05, 3.63) is 42.6 Å². The van der Waals surface area contributed by atoms with Crippen molar-refractivity contribution in [1.29, 1.82) is 0 Å². The Morgan fingerprint density at radius 1 is 1.56 bits per heavy atom. The van der Waals surface area contributed by atoms with E-state index in [0.717, 1.165) is 11.8 Å². The maximum atomic E-state index is 10.0. The summed E-state index contributed by atoms with van der Waals surface area (Å²) in [7, 11) is 0. The maximum absolute atomic E-state index is 10.0. The first-order valence-electron chi connectivity index (χ1n) is 4.63. The minimum absolute atomic E-state index is 0.0162. The van der Waals surface area contributed by atoms with Crippen molar-refractivity contribution in [3.8, 4) is 0 Å². The second kappa shape index (κ2) is 4.63. The Kier molecular flexibility index (Phi) is 3.02. The number of epoxide rings is 1. The molecule has 1 aliphatic heterocycles. The third-order valence-electron chi connectivity index (χ3n) is 2.02. The Balaban J connectivity index is 1.76. The number of hydrogen-bond acceptors (Lipinski definition) is 5. The molecule has 1 aromatic heterocycles. The highest BCUT2D eigenvalue weighted by Crippen LogP contribution is 2.36. The molecule has 2 atom stereocenters. The molecule has 0 saturated carbocycles. The van der Waals surface area contributed by atoms with Crippen LogP contribution in [0.25, 0.3) is 0 Å². The summed E-state index contributed by atoms with van der Waals surface area (Å²) in [5.41, 5.74) is 1.03. The minimum atomic E-state index is -1.35. The molecule has 0 aromatic carbocycles. The standard InChI is InChI=1S/C10H10N2O4/c13-10(14)15-6-5-12-9-8(16-9)7-1-3-11-4-2-7/h1-6,8-9,12H,(H,13,14)/b6-5+. The average Bonchev–Trinajstić information content (AvgIpc) is 3.05. The second-order valence-electron chi connectivity index (χ2n) is 3.11. The SMILES string of the molecule is O=C(O)O/C=C/NC1OC1c1ccncc1. The van der Waals surface area contributed by atoms with Gasteiger partial charge in [0.25, 0.3) is 0 Å². The van der Waals surface area contributed by atoms with Gasteiger partial charge in [-0.1, -0.05) is 0 Å². The minimum Gasteiger partial charge on any atom is -0.449 e. The lowest BCUT2D eigenvalue weighted by molar-refractivity contribution is 0.127. The van der Waals surface area contributed by atoms with Crippen LogP contribution in [-0.4, -0.2) is 22.5 Å². The molecule has 0 spiro atoms. The van der Waals surface area contributed by atoms with Crippen LogP contribution in [0, 0.1) is 0 Å². The summed E-state index contributed by atoms with van der Waals surface area (Å²) < 4.78 is 9.49. The molecule has 1 saturated heterocycles. The molecule has 16 heavy (non-hydrogen) atoms. The van der Waals surface area contributed by atoms with Crippen LogP contribution in [0.15, 0.2) is 37.0 Å². The zero-order valence-corrected chi connectivity index (χ0v) is 8.24. The summed E-state index contributed by atoms with van der Waals surface area (Å²) in [4.78, 5) is 13.9. The molecular weight excluding hydrogens is 212 g/mol. The summed E-state index contributed by atoms with van der Waals surface area (Å²) in [5, 5.41) is 11.0. The number of ether oxygens (including phenoxy) is 2. The van der Waals surface area contributed by atoms with E-state index >= 15 is 0 Å². The van der Waals surface area contributed by atoms with E-state index in [4.69, 9.17) is 9.84 Å². The monoisotopic (exact) mass is 222 g/mol. The van der Waals surface area contributed by atoms with E-state index in [1.807, 2.05) is 12.1 Å². The van der Waals surface area contributed by atoms with Crippen molar-refractivity contribution < 1.29 is 19.4 Å². The van der Waals surface area contributed by atoms with E-state index in [0.29, 0.717) is 0 Å². The van der Waals surface area contributed by atoms with E-state index in [1.165, 1.54) is 6.20 Å². The third-order valence-corrected chi connectivity index (χ3v) is 2.02. The van der Waals surface area contributed by atoms with Crippen LogP contribution in [0.5, 0.6) is 0 Å². The van der Waals surface area contributed by atoms with E-state index in [2.05, 4.69) is 15.0 Å². The summed E-state index contributed by atoms with van der Waals surface area (Å²) in [6.45, 7) is 0. The van der Waals surface area contributed by atoms with Gasteiger partial charge >= 0.3 is 6.16 Å². The number of carbonyl (C=O) groups is 1. The molecule has 84 valence electrons. The lowest BCUT2D eigenvalue weighted by atomic mass is 10.2. The molecule has 6 nitrogen and oxygen atoms in total.